The number of hydrogen-bond acceptors (Lipinski definition) is 3. The molecule has 6 heteroatoms. The first-order chi connectivity index (χ1) is 9.54. The Kier molecular flexibility index (Phi) is 3.31. The number of fused-ring (bicyclic) bond motifs is 1. The van der Waals surface area contributed by atoms with Crippen LogP contribution in [0.4, 0.5) is 5.69 Å². The lowest BCUT2D eigenvalue weighted by Gasteiger charge is -2.05. The van der Waals surface area contributed by atoms with E-state index in [2.05, 4.69) is 15.9 Å². The molecule has 0 saturated carbocycles. The molecule has 0 spiro atoms. The van der Waals surface area contributed by atoms with Gasteiger partial charge in [0.15, 0.2) is 5.58 Å². The van der Waals surface area contributed by atoms with Crippen molar-refractivity contribution in [2.75, 3.05) is 5.73 Å². The summed E-state index contributed by atoms with van der Waals surface area (Å²) in [6.45, 7) is 0.349. The van der Waals surface area contributed by atoms with Crippen LogP contribution in [-0.4, -0.2) is 4.57 Å². The minimum absolute atomic E-state index is 0.349. The smallest absolute Gasteiger partial charge is 0.408 e. The number of halogens is 2. The van der Waals surface area contributed by atoms with Crippen molar-refractivity contribution in [3.8, 4) is 0 Å². The van der Waals surface area contributed by atoms with Crippen LogP contribution in [0.15, 0.2) is 50.1 Å². The Hall–Kier alpha value is -1.72. The summed E-state index contributed by atoms with van der Waals surface area (Å²) in [6.07, 6.45) is 0. The van der Waals surface area contributed by atoms with E-state index in [9.17, 15) is 4.79 Å². The summed E-state index contributed by atoms with van der Waals surface area (Å²) in [6, 6.07) is 10.7. The number of oxazole rings is 1. The topological polar surface area (TPSA) is 61.2 Å². The van der Waals surface area contributed by atoms with E-state index < -0.39 is 5.76 Å². The molecule has 0 amide bonds. The molecule has 0 bridgehead atoms. The average Bonchev–Trinajstić information content (AvgIpc) is 2.68. The summed E-state index contributed by atoms with van der Waals surface area (Å²) in [5.41, 5.74) is 8.25. The molecule has 2 aromatic carbocycles. The van der Waals surface area contributed by atoms with Crippen molar-refractivity contribution < 1.29 is 4.42 Å². The third-order valence-electron chi connectivity index (χ3n) is 3.04. The number of rotatable bonds is 2. The summed E-state index contributed by atoms with van der Waals surface area (Å²) >= 11 is 9.53. The van der Waals surface area contributed by atoms with Gasteiger partial charge in [0.1, 0.15) is 0 Å². The lowest BCUT2D eigenvalue weighted by Crippen LogP contribution is -2.15. The van der Waals surface area contributed by atoms with Crippen LogP contribution < -0.4 is 11.5 Å². The Morgan fingerprint density at radius 2 is 2.05 bits per heavy atom. The fourth-order valence-corrected chi connectivity index (χ4v) is 2.79. The monoisotopic (exact) mass is 352 g/mol. The Labute approximate surface area is 127 Å². The molecule has 0 fully saturated rings. The highest BCUT2D eigenvalue weighted by Gasteiger charge is 2.11. The van der Waals surface area contributed by atoms with Gasteiger partial charge in [-0.1, -0.05) is 33.6 Å². The Bertz CT molecular complexity index is 854. The second-order valence-corrected chi connectivity index (χ2v) is 5.74. The van der Waals surface area contributed by atoms with Crippen molar-refractivity contribution in [1.82, 2.24) is 4.57 Å². The van der Waals surface area contributed by atoms with Gasteiger partial charge in [0, 0.05) is 21.2 Å². The van der Waals surface area contributed by atoms with Gasteiger partial charge in [0.05, 0.1) is 12.1 Å². The number of anilines is 1. The van der Waals surface area contributed by atoms with E-state index in [1.165, 1.54) is 4.57 Å². The van der Waals surface area contributed by atoms with Crippen molar-refractivity contribution in [3.05, 3.63) is 62.0 Å². The molecule has 102 valence electrons. The van der Waals surface area contributed by atoms with Crippen molar-refractivity contribution >= 4 is 44.3 Å². The van der Waals surface area contributed by atoms with Crippen molar-refractivity contribution in [2.45, 2.75) is 6.54 Å². The molecular formula is C14H10BrClN2O2. The standard InChI is InChI=1S/C14H10BrClN2O2/c15-9-2-1-8(11(16)5-9)7-18-12-4-3-10(17)6-13(12)20-14(18)19/h1-6H,7,17H2. The van der Waals surface area contributed by atoms with Crippen molar-refractivity contribution in [3.63, 3.8) is 0 Å². The third kappa shape index (κ3) is 2.34. The van der Waals surface area contributed by atoms with Crippen LogP contribution in [0.25, 0.3) is 11.1 Å². The van der Waals surface area contributed by atoms with Gasteiger partial charge in [-0.3, -0.25) is 4.57 Å². The van der Waals surface area contributed by atoms with Crippen LogP contribution in [0.5, 0.6) is 0 Å². The zero-order valence-corrected chi connectivity index (χ0v) is 12.6. The third-order valence-corrected chi connectivity index (χ3v) is 3.88. The average molecular weight is 354 g/mol. The number of benzene rings is 2. The van der Waals surface area contributed by atoms with Gasteiger partial charge in [0.2, 0.25) is 0 Å². The molecule has 0 radical (unpaired) electrons. The second kappa shape index (κ2) is 5.00. The molecule has 2 N–H and O–H groups in total. The van der Waals surface area contributed by atoms with E-state index in [-0.39, 0.29) is 0 Å². The lowest BCUT2D eigenvalue weighted by molar-refractivity contribution is 0.518. The van der Waals surface area contributed by atoms with E-state index >= 15 is 0 Å². The predicted molar refractivity (Wildman–Crippen MR) is 83.1 cm³/mol. The zero-order valence-electron chi connectivity index (χ0n) is 10.3. The van der Waals surface area contributed by atoms with Crippen LogP contribution in [0.2, 0.25) is 5.02 Å². The SMILES string of the molecule is Nc1ccc2c(c1)oc(=O)n2Cc1ccc(Br)cc1Cl. The maximum absolute atomic E-state index is 11.9. The van der Waals surface area contributed by atoms with Gasteiger partial charge < -0.3 is 10.2 Å². The van der Waals surface area contributed by atoms with E-state index in [1.807, 2.05) is 12.1 Å². The quantitative estimate of drug-likeness (QED) is 0.716. The first-order valence-electron chi connectivity index (χ1n) is 5.87. The molecule has 1 heterocycles. The fraction of sp³-hybridized carbons (Fsp3) is 0.0714. The molecule has 4 nitrogen and oxygen atoms in total. The second-order valence-electron chi connectivity index (χ2n) is 4.42. The molecule has 0 aliphatic carbocycles. The van der Waals surface area contributed by atoms with E-state index in [4.69, 9.17) is 21.8 Å². The first-order valence-corrected chi connectivity index (χ1v) is 7.04. The molecule has 0 atom stereocenters. The van der Waals surface area contributed by atoms with Crippen LogP contribution in [0.1, 0.15) is 5.56 Å². The molecule has 0 unspecified atom stereocenters. The minimum Gasteiger partial charge on any atom is -0.408 e. The van der Waals surface area contributed by atoms with Gasteiger partial charge in [-0.05, 0) is 29.8 Å². The lowest BCUT2D eigenvalue weighted by atomic mass is 10.2. The maximum Gasteiger partial charge on any atom is 0.420 e. The molecule has 20 heavy (non-hydrogen) atoms. The molecule has 3 rings (SSSR count). The summed E-state index contributed by atoms with van der Waals surface area (Å²) in [5.74, 6) is -0.426. The van der Waals surface area contributed by atoms with Gasteiger partial charge in [0.25, 0.3) is 0 Å². The minimum atomic E-state index is -0.426. The molecule has 3 aromatic rings. The van der Waals surface area contributed by atoms with Gasteiger partial charge in [-0.2, -0.15) is 0 Å². The number of nitrogens with two attached hydrogens (primary N) is 1. The zero-order chi connectivity index (χ0) is 14.3. The van der Waals surface area contributed by atoms with Gasteiger partial charge in [-0.25, -0.2) is 4.79 Å². The number of aromatic nitrogens is 1. The highest BCUT2D eigenvalue weighted by atomic mass is 79.9. The highest BCUT2D eigenvalue weighted by Crippen LogP contribution is 2.23. The number of nitrogens with zero attached hydrogens (tertiary/aromatic N) is 1. The van der Waals surface area contributed by atoms with Gasteiger partial charge >= 0.3 is 5.76 Å². The van der Waals surface area contributed by atoms with E-state index in [1.54, 1.807) is 24.3 Å². The summed E-state index contributed by atoms with van der Waals surface area (Å²) < 4.78 is 7.61. The van der Waals surface area contributed by atoms with Crippen molar-refractivity contribution in [1.29, 1.82) is 0 Å². The molecule has 0 aliphatic rings. The Morgan fingerprint density at radius 3 is 2.80 bits per heavy atom. The van der Waals surface area contributed by atoms with Crippen molar-refractivity contribution in [2.24, 2.45) is 0 Å². The maximum atomic E-state index is 11.9. The number of nitrogen functional groups attached to an aromatic ring is 1. The van der Waals surface area contributed by atoms with Crippen LogP contribution >= 0.6 is 27.5 Å². The van der Waals surface area contributed by atoms with Crippen LogP contribution in [0, 0.1) is 0 Å². The molecule has 1 aromatic heterocycles. The Balaban J connectivity index is 2.11. The summed E-state index contributed by atoms with van der Waals surface area (Å²) in [4.78, 5) is 11.9. The molecule has 0 aliphatic heterocycles. The summed E-state index contributed by atoms with van der Waals surface area (Å²) in [7, 11) is 0. The van der Waals surface area contributed by atoms with E-state index in [0.29, 0.717) is 28.4 Å². The Morgan fingerprint density at radius 1 is 1.25 bits per heavy atom. The molecular weight excluding hydrogens is 344 g/mol. The van der Waals surface area contributed by atoms with E-state index in [0.717, 1.165) is 10.0 Å². The van der Waals surface area contributed by atoms with Gasteiger partial charge in [-0.15, -0.1) is 0 Å². The normalized spacial score (nSPS) is 11.1. The largest absolute Gasteiger partial charge is 0.420 e. The first kappa shape index (κ1) is 13.3. The number of hydrogen-bond donors (Lipinski definition) is 1. The predicted octanol–water partition coefficient (Wildman–Crippen LogP) is 3.64. The van der Waals surface area contributed by atoms with Crippen LogP contribution in [-0.2, 0) is 6.54 Å². The van der Waals surface area contributed by atoms with Crippen LogP contribution in [0.3, 0.4) is 0 Å². The highest BCUT2D eigenvalue weighted by molar-refractivity contribution is 9.10. The molecule has 0 saturated heterocycles. The fourth-order valence-electron chi connectivity index (χ4n) is 2.05. The summed E-state index contributed by atoms with van der Waals surface area (Å²) in [5, 5.41) is 0.594.